The number of anilines is 1. The molecule has 1 atom stereocenters. The first-order chi connectivity index (χ1) is 9.08. The third-order valence-corrected chi connectivity index (χ3v) is 2.33. The maximum absolute atomic E-state index is 11.5. The number of rotatable bonds is 6. The summed E-state index contributed by atoms with van der Waals surface area (Å²) in [5, 5.41) is 16.7. The van der Waals surface area contributed by atoms with Crippen molar-refractivity contribution in [1.82, 2.24) is 10.6 Å². The number of urea groups is 1. The molecule has 0 aliphatic carbocycles. The van der Waals surface area contributed by atoms with Gasteiger partial charge in [0.15, 0.2) is 0 Å². The van der Waals surface area contributed by atoms with Gasteiger partial charge in [-0.2, -0.15) is 0 Å². The zero-order chi connectivity index (χ0) is 14.1. The van der Waals surface area contributed by atoms with Crippen LogP contribution >= 0.6 is 0 Å². The number of amides is 3. The topological polar surface area (TPSA) is 90.5 Å². The summed E-state index contributed by atoms with van der Waals surface area (Å²) in [4.78, 5) is 22.8. The summed E-state index contributed by atoms with van der Waals surface area (Å²) >= 11 is 0. The zero-order valence-corrected chi connectivity index (χ0v) is 10.8. The first-order valence-corrected chi connectivity index (χ1v) is 6.12. The molecule has 0 radical (unpaired) electrons. The standard InChI is InChI=1S/C13H19N3O3/c1-10(17)7-8-14-12(18)9-15-13(19)16-11-5-3-2-4-6-11/h2-6,10,17H,7-9H2,1H3,(H,14,18)(H2,15,16,19). The van der Waals surface area contributed by atoms with Crippen molar-refractivity contribution in [3.63, 3.8) is 0 Å². The number of para-hydroxylation sites is 1. The van der Waals surface area contributed by atoms with Crippen molar-refractivity contribution in [2.24, 2.45) is 0 Å². The quantitative estimate of drug-likeness (QED) is 0.610. The van der Waals surface area contributed by atoms with Gasteiger partial charge in [0.2, 0.25) is 5.91 Å². The van der Waals surface area contributed by atoms with Gasteiger partial charge < -0.3 is 21.1 Å². The predicted molar refractivity (Wildman–Crippen MR) is 72.8 cm³/mol. The van der Waals surface area contributed by atoms with Crippen LogP contribution in [0.2, 0.25) is 0 Å². The monoisotopic (exact) mass is 265 g/mol. The van der Waals surface area contributed by atoms with Gasteiger partial charge >= 0.3 is 6.03 Å². The van der Waals surface area contributed by atoms with Crippen LogP contribution in [0.15, 0.2) is 30.3 Å². The highest BCUT2D eigenvalue weighted by molar-refractivity contribution is 5.92. The number of carbonyl (C=O) groups excluding carboxylic acids is 2. The highest BCUT2D eigenvalue weighted by atomic mass is 16.3. The number of benzene rings is 1. The molecule has 0 aliphatic rings. The molecule has 0 saturated carbocycles. The smallest absolute Gasteiger partial charge is 0.319 e. The lowest BCUT2D eigenvalue weighted by Crippen LogP contribution is -2.39. The molecule has 19 heavy (non-hydrogen) atoms. The Hall–Kier alpha value is -2.08. The molecular weight excluding hydrogens is 246 g/mol. The predicted octanol–water partition coefficient (Wildman–Crippen LogP) is 0.695. The summed E-state index contributed by atoms with van der Waals surface area (Å²) in [6.45, 7) is 1.94. The SMILES string of the molecule is CC(O)CCNC(=O)CNC(=O)Nc1ccccc1. The van der Waals surface area contributed by atoms with E-state index in [9.17, 15) is 9.59 Å². The van der Waals surface area contributed by atoms with Crippen molar-refractivity contribution in [2.75, 3.05) is 18.4 Å². The molecule has 1 rings (SSSR count). The number of nitrogens with one attached hydrogen (secondary N) is 3. The first-order valence-electron chi connectivity index (χ1n) is 6.12. The van der Waals surface area contributed by atoms with Gasteiger partial charge in [0, 0.05) is 12.2 Å². The van der Waals surface area contributed by atoms with E-state index >= 15 is 0 Å². The molecule has 1 aromatic carbocycles. The molecule has 0 saturated heterocycles. The molecule has 1 unspecified atom stereocenters. The molecular formula is C13H19N3O3. The number of hydrogen-bond donors (Lipinski definition) is 4. The van der Waals surface area contributed by atoms with Crippen LogP contribution in [0.1, 0.15) is 13.3 Å². The number of carbonyl (C=O) groups is 2. The van der Waals surface area contributed by atoms with E-state index in [4.69, 9.17) is 5.11 Å². The molecule has 3 amide bonds. The lowest BCUT2D eigenvalue weighted by Gasteiger charge is -2.09. The second-order valence-electron chi connectivity index (χ2n) is 4.16. The minimum atomic E-state index is -0.449. The van der Waals surface area contributed by atoms with E-state index < -0.39 is 12.1 Å². The Bertz CT molecular complexity index is 407. The van der Waals surface area contributed by atoms with Gasteiger partial charge in [-0.1, -0.05) is 18.2 Å². The van der Waals surface area contributed by atoms with Gasteiger partial charge in [-0.3, -0.25) is 4.79 Å². The Kier molecular flexibility index (Phi) is 6.38. The summed E-state index contributed by atoms with van der Waals surface area (Å²) in [5.74, 6) is -0.288. The molecule has 0 heterocycles. The summed E-state index contributed by atoms with van der Waals surface area (Å²) in [6.07, 6.45) is 0.0386. The summed E-state index contributed by atoms with van der Waals surface area (Å²) < 4.78 is 0. The summed E-state index contributed by atoms with van der Waals surface area (Å²) in [7, 11) is 0. The molecule has 0 fully saturated rings. The third-order valence-electron chi connectivity index (χ3n) is 2.33. The van der Waals surface area contributed by atoms with E-state index in [-0.39, 0.29) is 12.5 Å². The fraction of sp³-hybridized carbons (Fsp3) is 0.385. The van der Waals surface area contributed by atoms with Crippen LogP contribution in [-0.2, 0) is 4.79 Å². The number of hydrogen-bond acceptors (Lipinski definition) is 3. The number of aliphatic hydroxyl groups excluding tert-OH is 1. The molecule has 104 valence electrons. The maximum atomic E-state index is 11.5. The van der Waals surface area contributed by atoms with Gasteiger partial charge in [0.1, 0.15) is 0 Å². The van der Waals surface area contributed by atoms with Crippen molar-refractivity contribution in [2.45, 2.75) is 19.4 Å². The van der Waals surface area contributed by atoms with Gasteiger partial charge in [-0.05, 0) is 25.5 Å². The van der Waals surface area contributed by atoms with Crippen LogP contribution in [0.3, 0.4) is 0 Å². The highest BCUT2D eigenvalue weighted by Crippen LogP contribution is 2.03. The zero-order valence-electron chi connectivity index (χ0n) is 10.8. The molecule has 0 bridgehead atoms. The first kappa shape index (κ1) is 15.0. The molecule has 1 aromatic rings. The summed E-state index contributed by atoms with van der Waals surface area (Å²) in [5.41, 5.74) is 0.662. The van der Waals surface area contributed by atoms with Gasteiger partial charge in [-0.15, -0.1) is 0 Å². The van der Waals surface area contributed by atoms with Crippen molar-refractivity contribution in [3.05, 3.63) is 30.3 Å². The van der Waals surface area contributed by atoms with Crippen molar-refractivity contribution >= 4 is 17.6 Å². The Morgan fingerprint density at radius 1 is 1.21 bits per heavy atom. The molecule has 0 aromatic heterocycles. The van der Waals surface area contributed by atoms with E-state index in [0.29, 0.717) is 18.7 Å². The van der Waals surface area contributed by atoms with Crippen molar-refractivity contribution in [1.29, 1.82) is 0 Å². The van der Waals surface area contributed by atoms with E-state index in [2.05, 4.69) is 16.0 Å². The average Bonchev–Trinajstić information content (AvgIpc) is 2.37. The highest BCUT2D eigenvalue weighted by Gasteiger charge is 2.05. The summed E-state index contributed by atoms with van der Waals surface area (Å²) in [6, 6.07) is 8.52. The Morgan fingerprint density at radius 3 is 2.53 bits per heavy atom. The minimum Gasteiger partial charge on any atom is -0.393 e. The van der Waals surface area contributed by atoms with Crippen molar-refractivity contribution in [3.8, 4) is 0 Å². The van der Waals surface area contributed by atoms with Crippen LogP contribution in [-0.4, -0.2) is 36.2 Å². The molecule has 6 nitrogen and oxygen atoms in total. The Labute approximate surface area is 112 Å². The fourth-order valence-electron chi connectivity index (χ4n) is 1.34. The second-order valence-corrected chi connectivity index (χ2v) is 4.16. The maximum Gasteiger partial charge on any atom is 0.319 e. The van der Waals surface area contributed by atoms with Gasteiger partial charge in [-0.25, -0.2) is 4.79 Å². The molecule has 0 spiro atoms. The van der Waals surface area contributed by atoms with Crippen LogP contribution < -0.4 is 16.0 Å². The van der Waals surface area contributed by atoms with E-state index in [0.717, 1.165) is 0 Å². The fourth-order valence-corrected chi connectivity index (χ4v) is 1.34. The molecule has 4 N–H and O–H groups in total. The molecule has 0 aliphatic heterocycles. The molecule has 6 heteroatoms. The van der Waals surface area contributed by atoms with Gasteiger partial charge in [0.25, 0.3) is 0 Å². The van der Waals surface area contributed by atoms with E-state index in [1.165, 1.54) is 0 Å². The minimum absolute atomic E-state index is 0.0987. The Balaban J connectivity index is 2.18. The normalized spacial score (nSPS) is 11.5. The largest absolute Gasteiger partial charge is 0.393 e. The van der Waals surface area contributed by atoms with Crippen LogP contribution in [0.4, 0.5) is 10.5 Å². The Morgan fingerprint density at radius 2 is 1.89 bits per heavy atom. The van der Waals surface area contributed by atoms with Gasteiger partial charge in [0.05, 0.1) is 12.6 Å². The van der Waals surface area contributed by atoms with Crippen LogP contribution in [0.25, 0.3) is 0 Å². The van der Waals surface area contributed by atoms with E-state index in [1.54, 1.807) is 31.2 Å². The average molecular weight is 265 g/mol. The van der Waals surface area contributed by atoms with Crippen molar-refractivity contribution < 1.29 is 14.7 Å². The second kappa shape index (κ2) is 8.10. The lowest BCUT2D eigenvalue weighted by molar-refractivity contribution is -0.120. The van der Waals surface area contributed by atoms with E-state index in [1.807, 2.05) is 6.07 Å². The third kappa shape index (κ3) is 7.05. The van der Waals surface area contributed by atoms with Crippen LogP contribution in [0.5, 0.6) is 0 Å². The van der Waals surface area contributed by atoms with Crippen LogP contribution in [0, 0.1) is 0 Å². The lowest BCUT2D eigenvalue weighted by atomic mass is 10.3. The number of aliphatic hydroxyl groups is 1.